The van der Waals surface area contributed by atoms with E-state index in [-0.39, 0.29) is 12.0 Å². The maximum Gasteiger partial charge on any atom is 0.232 e. The lowest BCUT2D eigenvalue weighted by Crippen LogP contribution is -2.30. The molecule has 0 aliphatic carbocycles. The SMILES string of the molecule is COc1cnc(N(C)C(=O)CCOC2CCOCC2)nc1. The van der Waals surface area contributed by atoms with E-state index in [1.807, 2.05) is 0 Å². The number of hydrogen-bond acceptors (Lipinski definition) is 6. The fourth-order valence-electron chi connectivity index (χ4n) is 2.02. The van der Waals surface area contributed by atoms with Gasteiger partial charge in [0.05, 0.1) is 38.6 Å². The molecule has 1 aliphatic rings. The van der Waals surface area contributed by atoms with Crippen molar-refractivity contribution >= 4 is 11.9 Å². The highest BCUT2D eigenvalue weighted by Gasteiger charge is 2.17. The lowest BCUT2D eigenvalue weighted by molar-refractivity contribution is -0.120. The third-order valence-electron chi connectivity index (χ3n) is 3.36. The molecule has 1 aliphatic heterocycles. The number of ether oxygens (including phenoxy) is 3. The van der Waals surface area contributed by atoms with Crippen LogP contribution in [0.25, 0.3) is 0 Å². The van der Waals surface area contributed by atoms with E-state index >= 15 is 0 Å². The van der Waals surface area contributed by atoms with Gasteiger partial charge in [-0.1, -0.05) is 0 Å². The lowest BCUT2D eigenvalue weighted by atomic mass is 10.1. The average molecular weight is 295 g/mol. The van der Waals surface area contributed by atoms with E-state index in [1.54, 1.807) is 14.2 Å². The molecule has 2 heterocycles. The standard InChI is InChI=1S/C14H21N3O4/c1-17(14-15-9-12(19-2)10-16-14)13(18)5-8-21-11-3-6-20-7-4-11/h9-11H,3-8H2,1-2H3. The van der Waals surface area contributed by atoms with Gasteiger partial charge < -0.3 is 14.2 Å². The molecule has 1 fully saturated rings. The monoisotopic (exact) mass is 295 g/mol. The molecular formula is C14H21N3O4. The molecule has 2 rings (SSSR count). The molecule has 0 spiro atoms. The summed E-state index contributed by atoms with van der Waals surface area (Å²) in [7, 11) is 3.19. The topological polar surface area (TPSA) is 73.8 Å². The Morgan fingerprint density at radius 3 is 2.67 bits per heavy atom. The van der Waals surface area contributed by atoms with E-state index < -0.39 is 0 Å². The summed E-state index contributed by atoms with van der Waals surface area (Å²) in [5, 5.41) is 0. The van der Waals surface area contributed by atoms with Crippen LogP contribution in [-0.4, -0.2) is 56.0 Å². The Bertz CT molecular complexity index is 446. The van der Waals surface area contributed by atoms with Gasteiger partial charge in [0.1, 0.15) is 0 Å². The largest absolute Gasteiger partial charge is 0.494 e. The van der Waals surface area contributed by atoms with Crippen LogP contribution < -0.4 is 9.64 Å². The summed E-state index contributed by atoms with van der Waals surface area (Å²) >= 11 is 0. The third kappa shape index (κ3) is 4.64. The fourth-order valence-corrected chi connectivity index (χ4v) is 2.02. The van der Waals surface area contributed by atoms with Gasteiger partial charge in [0.2, 0.25) is 11.9 Å². The minimum atomic E-state index is -0.0766. The number of carbonyl (C=O) groups excluding carboxylic acids is 1. The van der Waals surface area contributed by atoms with Crippen molar-refractivity contribution in [1.82, 2.24) is 9.97 Å². The number of hydrogen-bond donors (Lipinski definition) is 0. The van der Waals surface area contributed by atoms with Crippen LogP contribution in [0.1, 0.15) is 19.3 Å². The molecule has 0 unspecified atom stereocenters. The molecule has 1 aromatic heterocycles. The first-order chi connectivity index (χ1) is 10.2. The molecule has 0 bridgehead atoms. The Balaban J connectivity index is 1.76. The number of carbonyl (C=O) groups is 1. The highest BCUT2D eigenvalue weighted by atomic mass is 16.5. The molecule has 1 saturated heterocycles. The zero-order valence-corrected chi connectivity index (χ0v) is 12.4. The van der Waals surface area contributed by atoms with Gasteiger partial charge in [-0.05, 0) is 12.8 Å². The molecule has 0 radical (unpaired) electrons. The van der Waals surface area contributed by atoms with E-state index in [2.05, 4.69) is 9.97 Å². The van der Waals surface area contributed by atoms with Crippen LogP contribution in [0.4, 0.5) is 5.95 Å². The van der Waals surface area contributed by atoms with Gasteiger partial charge in [-0.15, -0.1) is 0 Å². The Morgan fingerprint density at radius 1 is 1.38 bits per heavy atom. The van der Waals surface area contributed by atoms with E-state index in [9.17, 15) is 4.79 Å². The van der Waals surface area contributed by atoms with Crippen LogP contribution in [0.3, 0.4) is 0 Å². The minimum absolute atomic E-state index is 0.0766. The summed E-state index contributed by atoms with van der Waals surface area (Å²) in [5.41, 5.74) is 0. The highest BCUT2D eigenvalue weighted by Crippen LogP contribution is 2.13. The summed E-state index contributed by atoms with van der Waals surface area (Å²) in [5.74, 6) is 0.835. The summed E-state index contributed by atoms with van der Waals surface area (Å²) in [6.45, 7) is 1.88. The van der Waals surface area contributed by atoms with Gasteiger partial charge in [0, 0.05) is 20.3 Å². The van der Waals surface area contributed by atoms with E-state index in [0.717, 1.165) is 26.1 Å². The summed E-state index contributed by atoms with van der Waals surface area (Å²) in [4.78, 5) is 21.6. The van der Waals surface area contributed by atoms with Gasteiger partial charge in [0.25, 0.3) is 0 Å². The maximum atomic E-state index is 12.0. The lowest BCUT2D eigenvalue weighted by Gasteiger charge is -2.22. The molecular weight excluding hydrogens is 274 g/mol. The zero-order chi connectivity index (χ0) is 15.1. The summed E-state index contributed by atoms with van der Waals surface area (Å²) < 4.78 is 15.9. The van der Waals surface area contributed by atoms with Crippen molar-refractivity contribution in [3.05, 3.63) is 12.4 Å². The minimum Gasteiger partial charge on any atom is -0.494 e. The van der Waals surface area contributed by atoms with Gasteiger partial charge in [0.15, 0.2) is 5.75 Å². The number of aromatic nitrogens is 2. The normalized spacial score (nSPS) is 15.7. The third-order valence-corrected chi connectivity index (χ3v) is 3.36. The van der Waals surface area contributed by atoms with Crippen LogP contribution in [-0.2, 0) is 14.3 Å². The highest BCUT2D eigenvalue weighted by molar-refractivity contribution is 5.90. The Kier molecular flexibility index (Phi) is 5.89. The molecule has 1 amide bonds. The first kappa shape index (κ1) is 15.7. The predicted octanol–water partition coefficient (Wildman–Crippen LogP) is 1.03. The number of anilines is 1. The molecule has 0 aromatic carbocycles. The molecule has 0 saturated carbocycles. The summed E-state index contributed by atoms with van der Waals surface area (Å²) in [6, 6.07) is 0. The number of methoxy groups -OCH3 is 1. The van der Waals surface area contributed by atoms with Crippen LogP contribution in [0.5, 0.6) is 5.75 Å². The second-order valence-electron chi connectivity index (χ2n) is 4.81. The molecule has 21 heavy (non-hydrogen) atoms. The second-order valence-corrected chi connectivity index (χ2v) is 4.81. The van der Waals surface area contributed by atoms with Crippen molar-refractivity contribution in [3.63, 3.8) is 0 Å². The number of amides is 1. The Morgan fingerprint density at radius 2 is 2.05 bits per heavy atom. The molecule has 116 valence electrons. The molecule has 1 aromatic rings. The van der Waals surface area contributed by atoms with E-state index in [1.165, 1.54) is 17.3 Å². The molecule has 0 N–H and O–H groups in total. The van der Waals surface area contributed by atoms with Crippen molar-refractivity contribution in [2.75, 3.05) is 38.9 Å². The van der Waals surface area contributed by atoms with Crippen LogP contribution in [0.15, 0.2) is 12.4 Å². The first-order valence-electron chi connectivity index (χ1n) is 7.02. The maximum absolute atomic E-state index is 12.0. The van der Waals surface area contributed by atoms with Gasteiger partial charge in [-0.25, -0.2) is 9.97 Å². The Labute approximate surface area is 124 Å². The van der Waals surface area contributed by atoms with Gasteiger partial charge in [-0.3, -0.25) is 9.69 Å². The average Bonchev–Trinajstić information content (AvgIpc) is 2.55. The van der Waals surface area contributed by atoms with Gasteiger partial charge >= 0.3 is 0 Å². The number of rotatable bonds is 6. The Hall–Kier alpha value is -1.73. The van der Waals surface area contributed by atoms with Crippen molar-refractivity contribution in [3.8, 4) is 5.75 Å². The quantitative estimate of drug-likeness (QED) is 0.780. The van der Waals surface area contributed by atoms with E-state index in [4.69, 9.17) is 14.2 Å². The molecule has 7 heteroatoms. The zero-order valence-electron chi connectivity index (χ0n) is 12.4. The molecule has 0 atom stereocenters. The first-order valence-corrected chi connectivity index (χ1v) is 7.02. The molecule has 7 nitrogen and oxygen atoms in total. The van der Waals surface area contributed by atoms with Crippen molar-refractivity contribution < 1.29 is 19.0 Å². The smallest absolute Gasteiger partial charge is 0.232 e. The fraction of sp³-hybridized carbons (Fsp3) is 0.643. The van der Waals surface area contributed by atoms with E-state index in [0.29, 0.717) is 24.7 Å². The van der Waals surface area contributed by atoms with Gasteiger partial charge in [-0.2, -0.15) is 0 Å². The van der Waals surface area contributed by atoms with Crippen LogP contribution in [0, 0.1) is 0 Å². The second kappa shape index (κ2) is 7.90. The van der Waals surface area contributed by atoms with Crippen molar-refractivity contribution in [1.29, 1.82) is 0 Å². The predicted molar refractivity (Wildman–Crippen MR) is 76.4 cm³/mol. The van der Waals surface area contributed by atoms with Crippen molar-refractivity contribution in [2.24, 2.45) is 0 Å². The van der Waals surface area contributed by atoms with Crippen molar-refractivity contribution in [2.45, 2.75) is 25.4 Å². The summed E-state index contributed by atoms with van der Waals surface area (Å²) in [6.07, 6.45) is 5.37. The number of nitrogens with zero attached hydrogens (tertiary/aromatic N) is 3. The van der Waals surface area contributed by atoms with Crippen LogP contribution in [0.2, 0.25) is 0 Å². The van der Waals surface area contributed by atoms with Crippen LogP contribution >= 0.6 is 0 Å².